The summed E-state index contributed by atoms with van der Waals surface area (Å²) in [6.45, 7) is 6.85. The van der Waals surface area contributed by atoms with E-state index in [0.29, 0.717) is 24.9 Å². The summed E-state index contributed by atoms with van der Waals surface area (Å²) in [5, 5.41) is 3.48. The number of rotatable bonds is 4. The molecule has 20 heavy (non-hydrogen) atoms. The lowest BCUT2D eigenvalue weighted by molar-refractivity contribution is 0.172. The molecule has 1 atom stereocenters. The van der Waals surface area contributed by atoms with Crippen LogP contribution in [0.1, 0.15) is 19.8 Å². The largest absolute Gasteiger partial charge is 0.486 e. The molecule has 5 nitrogen and oxygen atoms in total. The second-order valence-corrected chi connectivity index (χ2v) is 5.64. The third-order valence-corrected chi connectivity index (χ3v) is 3.85. The third kappa shape index (κ3) is 2.93. The van der Waals surface area contributed by atoms with E-state index in [1.54, 1.807) is 0 Å². The number of likely N-dealkylation sites (tertiary alicyclic amines) is 1. The Morgan fingerprint density at radius 2 is 1.85 bits per heavy atom. The minimum Gasteiger partial charge on any atom is -0.486 e. The Kier molecular flexibility index (Phi) is 3.87. The number of anilines is 2. The zero-order chi connectivity index (χ0) is 13.9. The SMILES string of the molecule is CC(CN1CCCC1)Nc1cc2c(cc1N)OCCO2. The molecule has 2 aliphatic heterocycles. The molecule has 0 saturated carbocycles. The Morgan fingerprint density at radius 1 is 1.20 bits per heavy atom. The fraction of sp³-hybridized carbons (Fsp3) is 0.600. The lowest BCUT2D eigenvalue weighted by atomic mass is 10.2. The van der Waals surface area contributed by atoms with Gasteiger partial charge >= 0.3 is 0 Å². The van der Waals surface area contributed by atoms with Crippen LogP contribution >= 0.6 is 0 Å². The normalized spacial score (nSPS) is 19.9. The summed E-state index contributed by atoms with van der Waals surface area (Å²) in [4.78, 5) is 2.49. The molecule has 0 radical (unpaired) electrons. The number of nitrogens with zero attached hydrogens (tertiary/aromatic N) is 1. The lowest BCUT2D eigenvalue weighted by Crippen LogP contribution is -2.33. The standard InChI is InChI=1S/C15H23N3O2/c1-11(10-18-4-2-3-5-18)17-13-9-15-14(8-12(13)16)19-6-7-20-15/h8-9,11,17H,2-7,10,16H2,1H3. The predicted molar refractivity (Wildman–Crippen MR) is 80.6 cm³/mol. The van der Waals surface area contributed by atoms with Gasteiger partial charge in [-0.1, -0.05) is 0 Å². The highest BCUT2D eigenvalue weighted by Crippen LogP contribution is 2.37. The van der Waals surface area contributed by atoms with Crippen LogP contribution in [-0.4, -0.2) is 43.8 Å². The smallest absolute Gasteiger partial charge is 0.163 e. The summed E-state index contributed by atoms with van der Waals surface area (Å²) >= 11 is 0. The molecule has 2 heterocycles. The summed E-state index contributed by atoms with van der Waals surface area (Å²) in [6.07, 6.45) is 2.64. The number of hydrogen-bond acceptors (Lipinski definition) is 5. The van der Waals surface area contributed by atoms with Crippen molar-refractivity contribution in [1.82, 2.24) is 4.90 Å². The van der Waals surface area contributed by atoms with Crippen LogP contribution in [-0.2, 0) is 0 Å². The van der Waals surface area contributed by atoms with Gasteiger partial charge in [0.05, 0.1) is 11.4 Å². The highest BCUT2D eigenvalue weighted by atomic mass is 16.6. The molecule has 0 aromatic heterocycles. The van der Waals surface area contributed by atoms with Crippen molar-refractivity contribution in [3.05, 3.63) is 12.1 Å². The van der Waals surface area contributed by atoms with Crippen LogP contribution in [0, 0.1) is 0 Å². The van der Waals surface area contributed by atoms with Gasteiger partial charge in [0.2, 0.25) is 0 Å². The molecule has 1 aromatic carbocycles. The van der Waals surface area contributed by atoms with E-state index in [1.165, 1.54) is 25.9 Å². The van der Waals surface area contributed by atoms with Crippen molar-refractivity contribution in [3.63, 3.8) is 0 Å². The van der Waals surface area contributed by atoms with Crippen molar-refractivity contribution in [3.8, 4) is 11.5 Å². The maximum atomic E-state index is 6.09. The van der Waals surface area contributed by atoms with Gasteiger partial charge in [-0.3, -0.25) is 0 Å². The molecule has 1 unspecified atom stereocenters. The first-order chi connectivity index (χ1) is 9.72. The van der Waals surface area contributed by atoms with E-state index in [0.717, 1.165) is 23.7 Å². The maximum absolute atomic E-state index is 6.09. The summed E-state index contributed by atoms with van der Waals surface area (Å²) in [7, 11) is 0. The first-order valence-corrected chi connectivity index (χ1v) is 7.40. The summed E-state index contributed by atoms with van der Waals surface area (Å²) in [5.41, 5.74) is 7.73. The Balaban J connectivity index is 1.66. The van der Waals surface area contributed by atoms with Gasteiger partial charge in [0.1, 0.15) is 13.2 Å². The molecule has 0 aliphatic carbocycles. The van der Waals surface area contributed by atoms with Gasteiger partial charge < -0.3 is 25.4 Å². The average Bonchev–Trinajstić information content (AvgIpc) is 2.92. The molecule has 0 bridgehead atoms. The van der Waals surface area contributed by atoms with E-state index < -0.39 is 0 Å². The number of fused-ring (bicyclic) bond motifs is 1. The zero-order valence-electron chi connectivity index (χ0n) is 12.0. The molecule has 1 fully saturated rings. The van der Waals surface area contributed by atoms with Gasteiger partial charge in [0, 0.05) is 24.7 Å². The van der Waals surface area contributed by atoms with Gasteiger partial charge in [-0.05, 0) is 32.9 Å². The number of hydrogen-bond donors (Lipinski definition) is 2. The average molecular weight is 277 g/mol. The summed E-state index contributed by atoms with van der Waals surface area (Å²) in [6, 6.07) is 4.15. The second-order valence-electron chi connectivity index (χ2n) is 5.64. The molecule has 1 saturated heterocycles. The minimum atomic E-state index is 0.359. The van der Waals surface area contributed by atoms with Gasteiger partial charge in [0.15, 0.2) is 11.5 Å². The van der Waals surface area contributed by atoms with Crippen LogP contribution in [0.3, 0.4) is 0 Å². The number of nitrogen functional groups attached to an aromatic ring is 1. The van der Waals surface area contributed by atoms with Crippen molar-refractivity contribution in [2.24, 2.45) is 0 Å². The summed E-state index contributed by atoms with van der Waals surface area (Å²) < 4.78 is 11.1. The Morgan fingerprint density at radius 3 is 2.55 bits per heavy atom. The number of ether oxygens (including phenoxy) is 2. The van der Waals surface area contributed by atoms with Crippen LogP contribution in [0.5, 0.6) is 11.5 Å². The number of nitrogens with two attached hydrogens (primary N) is 1. The summed E-state index contributed by atoms with van der Waals surface area (Å²) in [5.74, 6) is 1.52. The highest BCUT2D eigenvalue weighted by molar-refractivity contribution is 5.72. The molecule has 3 N–H and O–H groups in total. The van der Waals surface area contributed by atoms with Crippen LogP contribution in [0.4, 0.5) is 11.4 Å². The zero-order valence-corrected chi connectivity index (χ0v) is 12.0. The Labute approximate surface area is 120 Å². The molecule has 1 aromatic rings. The molecule has 5 heteroatoms. The fourth-order valence-corrected chi connectivity index (χ4v) is 2.89. The molecular weight excluding hydrogens is 254 g/mol. The third-order valence-electron chi connectivity index (χ3n) is 3.85. The van der Waals surface area contributed by atoms with Gasteiger partial charge in [-0.25, -0.2) is 0 Å². The van der Waals surface area contributed by atoms with Crippen molar-refractivity contribution in [2.75, 3.05) is 43.9 Å². The van der Waals surface area contributed by atoms with Crippen LogP contribution in [0.2, 0.25) is 0 Å². The minimum absolute atomic E-state index is 0.359. The van der Waals surface area contributed by atoms with E-state index in [9.17, 15) is 0 Å². The van der Waals surface area contributed by atoms with Crippen LogP contribution in [0.25, 0.3) is 0 Å². The van der Waals surface area contributed by atoms with Gasteiger partial charge in [0.25, 0.3) is 0 Å². The van der Waals surface area contributed by atoms with E-state index >= 15 is 0 Å². The van der Waals surface area contributed by atoms with E-state index in [-0.39, 0.29) is 0 Å². The lowest BCUT2D eigenvalue weighted by Gasteiger charge is -2.24. The topological polar surface area (TPSA) is 59.8 Å². The number of nitrogens with one attached hydrogen (secondary N) is 1. The predicted octanol–water partition coefficient (Wildman–Crippen LogP) is 1.94. The maximum Gasteiger partial charge on any atom is 0.163 e. The molecular formula is C15H23N3O2. The van der Waals surface area contributed by atoms with E-state index in [4.69, 9.17) is 15.2 Å². The fourth-order valence-electron chi connectivity index (χ4n) is 2.89. The quantitative estimate of drug-likeness (QED) is 0.824. The molecule has 3 rings (SSSR count). The Bertz CT molecular complexity index is 472. The van der Waals surface area contributed by atoms with Gasteiger partial charge in [-0.2, -0.15) is 0 Å². The van der Waals surface area contributed by atoms with Gasteiger partial charge in [-0.15, -0.1) is 0 Å². The Hall–Kier alpha value is -1.62. The van der Waals surface area contributed by atoms with Crippen LogP contribution in [0.15, 0.2) is 12.1 Å². The molecule has 110 valence electrons. The number of benzene rings is 1. The van der Waals surface area contributed by atoms with Crippen molar-refractivity contribution < 1.29 is 9.47 Å². The van der Waals surface area contributed by atoms with Crippen molar-refractivity contribution >= 4 is 11.4 Å². The first kappa shape index (κ1) is 13.4. The van der Waals surface area contributed by atoms with Crippen molar-refractivity contribution in [2.45, 2.75) is 25.8 Å². The van der Waals surface area contributed by atoms with E-state index in [1.807, 2.05) is 12.1 Å². The molecule has 2 aliphatic rings. The first-order valence-electron chi connectivity index (χ1n) is 7.40. The molecule has 0 spiro atoms. The van der Waals surface area contributed by atoms with Crippen molar-refractivity contribution in [1.29, 1.82) is 0 Å². The van der Waals surface area contributed by atoms with E-state index in [2.05, 4.69) is 17.1 Å². The second kappa shape index (κ2) is 5.79. The molecule has 0 amide bonds. The monoisotopic (exact) mass is 277 g/mol. The highest BCUT2D eigenvalue weighted by Gasteiger charge is 2.18. The van der Waals surface area contributed by atoms with Crippen LogP contribution < -0.4 is 20.5 Å².